The molecule has 0 aromatic carbocycles. The average molecular weight is 341 g/mol. The maximum absolute atomic E-state index is 6.58. The van der Waals surface area contributed by atoms with E-state index in [9.17, 15) is 0 Å². The van der Waals surface area contributed by atoms with Crippen molar-refractivity contribution in [2.45, 2.75) is 83.9 Å². The van der Waals surface area contributed by atoms with E-state index in [1.54, 1.807) is 0 Å². The highest BCUT2D eigenvalue weighted by atomic mass is 28.4. The molecule has 23 heavy (non-hydrogen) atoms. The van der Waals surface area contributed by atoms with Gasteiger partial charge in [0.2, 0.25) is 0 Å². The summed E-state index contributed by atoms with van der Waals surface area (Å²) in [7, 11) is -1.44. The summed E-state index contributed by atoms with van der Waals surface area (Å²) in [6.45, 7) is 15.4. The molecule has 1 aliphatic heterocycles. The molecular formula is C19H36O3Si. The molecule has 3 nitrogen and oxygen atoms in total. The fourth-order valence-electron chi connectivity index (χ4n) is 5.29. The number of hydrogen-bond acceptors (Lipinski definition) is 3. The Morgan fingerprint density at radius 1 is 1.09 bits per heavy atom. The van der Waals surface area contributed by atoms with Crippen molar-refractivity contribution in [2.75, 3.05) is 13.2 Å². The van der Waals surface area contributed by atoms with E-state index in [-0.39, 0.29) is 11.4 Å². The molecule has 134 valence electrons. The molecule has 3 fully saturated rings. The summed E-state index contributed by atoms with van der Waals surface area (Å²) in [4.78, 5) is 0. The minimum absolute atomic E-state index is 0.256. The van der Waals surface area contributed by atoms with Gasteiger partial charge in [0.15, 0.2) is 14.1 Å². The van der Waals surface area contributed by atoms with Crippen LogP contribution < -0.4 is 0 Å². The molecule has 0 aromatic rings. The largest absolute Gasteiger partial charge is 0.412 e. The van der Waals surface area contributed by atoms with Crippen molar-refractivity contribution in [3.8, 4) is 0 Å². The molecule has 1 heterocycles. The lowest BCUT2D eigenvalue weighted by molar-refractivity contribution is -0.182. The van der Waals surface area contributed by atoms with Gasteiger partial charge in [-0.25, -0.2) is 0 Å². The minimum Gasteiger partial charge on any atom is -0.412 e. The maximum atomic E-state index is 6.58. The number of fused-ring (bicyclic) bond motifs is 1. The third kappa shape index (κ3) is 3.86. The van der Waals surface area contributed by atoms with Gasteiger partial charge in [0, 0.05) is 12.8 Å². The Labute approximate surface area is 143 Å². The van der Waals surface area contributed by atoms with Crippen molar-refractivity contribution < 1.29 is 13.9 Å². The van der Waals surface area contributed by atoms with Gasteiger partial charge >= 0.3 is 0 Å². The average Bonchev–Trinajstić information content (AvgIpc) is 2.76. The molecule has 0 bridgehead atoms. The second-order valence-corrected chi connectivity index (χ2v) is 14.1. The Balaban J connectivity index is 1.60. The van der Waals surface area contributed by atoms with E-state index in [2.05, 4.69) is 40.4 Å². The summed E-state index contributed by atoms with van der Waals surface area (Å²) < 4.78 is 18.8. The van der Waals surface area contributed by atoms with E-state index in [0.29, 0.717) is 11.8 Å². The van der Waals surface area contributed by atoms with E-state index >= 15 is 0 Å². The van der Waals surface area contributed by atoms with Gasteiger partial charge in [-0.05, 0) is 62.6 Å². The molecule has 2 aliphatic carbocycles. The molecule has 4 atom stereocenters. The standard InChI is InChI=1S/C19H36O3Si/c1-14(2)11-19(20-9-10-21-19)12-15(3)16-7-8-18(13-17(16)18)22-23(4,5)6/h14-17H,7-13H2,1-6H3/t15-,16-,17?,18?/m0/s1. The van der Waals surface area contributed by atoms with Gasteiger partial charge < -0.3 is 13.9 Å². The van der Waals surface area contributed by atoms with Crippen LogP contribution in [0, 0.1) is 23.7 Å². The zero-order valence-electron chi connectivity index (χ0n) is 16.0. The van der Waals surface area contributed by atoms with Crippen LogP contribution in [0.4, 0.5) is 0 Å². The van der Waals surface area contributed by atoms with Gasteiger partial charge in [-0.1, -0.05) is 20.8 Å². The quantitative estimate of drug-likeness (QED) is 0.622. The van der Waals surface area contributed by atoms with Crippen molar-refractivity contribution in [3.05, 3.63) is 0 Å². The highest BCUT2D eigenvalue weighted by Gasteiger charge is 2.64. The summed E-state index contributed by atoms with van der Waals surface area (Å²) in [6.07, 6.45) is 5.97. The van der Waals surface area contributed by atoms with Crippen molar-refractivity contribution in [3.63, 3.8) is 0 Å². The SMILES string of the molecule is CC(C)CC1(C[C@H](C)[C@@H]2CCC3(O[Si](C)(C)C)CC23)OCCO1. The molecule has 3 rings (SSSR count). The van der Waals surface area contributed by atoms with Crippen LogP contribution in [0.25, 0.3) is 0 Å². The summed E-state index contributed by atoms with van der Waals surface area (Å²) in [6, 6.07) is 0. The smallest absolute Gasteiger partial charge is 0.184 e. The molecule has 4 heteroatoms. The van der Waals surface area contributed by atoms with Crippen molar-refractivity contribution in [1.29, 1.82) is 0 Å². The van der Waals surface area contributed by atoms with Crippen LogP contribution in [0.15, 0.2) is 0 Å². The summed E-state index contributed by atoms with van der Waals surface area (Å²) in [5.41, 5.74) is 0.256. The number of hydrogen-bond donors (Lipinski definition) is 0. The van der Waals surface area contributed by atoms with Gasteiger partial charge in [0.25, 0.3) is 0 Å². The van der Waals surface area contributed by atoms with Crippen molar-refractivity contribution >= 4 is 8.32 Å². The molecule has 0 aromatic heterocycles. The molecule has 1 saturated heterocycles. The Kier molecular flexibility index (Phi) is 4.76. The van der Waals surface area contributed by atoms with Crippen LogP contribution in [0.2, 0.25) is 19.6 Å². The highest BCUT2D eigenvalue weighted by molar-refractivity contribution is 6.69. The van der Waals surface area contributed by atoms with Crippen molar-refractivity contribution in [1.82, 2.24) is 0 Å². The second kappa shape index (κ2) is 6.12. The zero-order chi connectivity index (χ0) is 16.9. The van der Waals surface area contributed by atoms with Gasteiger partial charge in [-0.2, -0.15) is 0 Å². The Morgan fingerprint density at radius 2 is 1.74 bits per heavy atom. The Morgan fingerprint density at radius 3 is 2.26 bits per heavy atom. The van der Waals surface area contributed by atoms with Gasteiger partial charge in [-0.15, -0.1) is 0 Å². The lowest BCUT2D eigenvalue weighted by Gasteiger charge is -2.34. The Hall–Kier alpha value is 0.0969. The zero-order valence-corrected chi connectivity index (χ0v) is 17.0. The van der Waals surface area contributed by atoms with Gasteiger partial charge in [-0.3, -0.25) is 0 Å². The fraction of sp³-hybridized carbons (Fsp3) is 1.00. The first kappa shape index (κ1) is 17.9. The predicted molar refractivity (Wildman–Crippen MR) is 95.9 cm³/mol. The topological polar surface area (TPSA) is 27.7 Å². The van der Waals surface area contributed by atoms with Crippen LogP contribution in [-0.4, -0.2) is 32.9 Å². The first-order valence-electron chi connectivity index (χ1n) is 9.63. The van der Waals surface area contributed by atoms with E-state index in [0.717, 1.165) is 37.9 Å². The lowest BCUT2D eigenvalue weighted by atomic mass is 9.82. The number of rotatable bonds is 7. The molecule has 0 amide bonds. The van der Waals surface area contributed by atoms with E-state index in [1.165, 1.54) is 19.3 Å². The van der Waals surface area contributed by atoms with Crippen LogP contribution in [-0.2, 0) is 13.9 Å². The first-order chi connectivity index (χ1) is 10.6. The molecule has 0 N–H and O–H groups in total. The molecule has 2 saturated carbocycles. The minimum atomic E-state index is -1.44. The molecule has 2 unspecified atom stereocenters. The second-order valence-electron chi connectivity index (χ2n) is 9.68. The van der Waals surface area contributed by atoms with E-state index in [4.69, 9.17) is 13.9 Å². The molecule has 3 aliphatic rings. The summed E-state index contributed by atoms with van der Waals surface area (Å²) in [5.74, 6) is 2.54. The van der Waals surface area contributed by atoms with Gasteiger partial charge in [0.05, 0.1) is 18.8 Å². The van der Waals surface area contributed by atoms with E-state index in [1.807, 2.05) is 0 Å². The Bertz CT molecular complexity index is 425. The monoisotopic (exact) mass is 340 g/mol. The summed E-state index contributed by atoms with van der Waals surface area (Å²) >= 11 is 0. The lowest BCUT2D eigenvalue weighted by Crippen LogP contribution is -2.36. The third-order valence-corrected chi connectivity index (χ3v) is 6.92. The first-order valence-corrected chi connectivity index (χ1v) is 13.0. The number of ether oxygens (including phenoxy) is 2. The van der Waals surface area contributed by atoms with Crippen molar-refractivity contribution in [2.24, 2.45) is 23.7 Å². The highest BCUT2D eigenvalue weighted by Crippen LogP contribution is 2.64. The van der Waals surface area contributed by atoms with Crippen LogP contribution in [0.1, 0.15) is 52.9 Å². The van der Waals surface area contributed by atoms with Gasteiger partial charge in [0.1, 0.15) is 0 Å². The fourth-order valence-corrected chi connectivity index (χ4v) is 6.85. The predicted octanol–water partition coefficient (Wildman–Crippen LogP) is 4.82. The normalized spacial score (nSPS) is 37.2. The van der Waals surface area contributed by atoms with Crippen LogP contribution >= 0.6 is 0 Å². The third-order valence-electron chi connectivity index (χ3n) is 5.90. The van der Waals surface area contributed by atoms with E-state index < -0.39 is 8.32 Å². The molecule has 0 spiro atoms. The van der Waals surface area contributed by atoms with Crippen LogP contribution in [0.3, 0.4) is 0 Å². The molecule has 0 radical (unpaired) electrons. The van der Waals surface area contributed by atoms with Crippen LogP contribution in [0.5, 0.6) is 0 Å². The summed E-state index contributed by atoms with van der Waals surface area (Å²) in [5, 5.41) is 0. The molecular weight excluding hydrogens is 304 g/mol. The maximum Gasteiger partial charge on any atom is 0.184 e.